The summed E-state index contributed by atoms with van der Waals surface area (Å²) in [7, 11) is -2.21. The van der Waals surface area contributed by atoms with Gasteiger partial charge >= 0.3 is 6.37 Å². The highest BCUT2D eigenvalue weighted by molar-refractivity contribution is 7.77. The van der Waals surface area contributed by atoms with Crippen LogP contribution in [0.1, 0.15) is 13.8 Å². The standard InChI is InChI=1S/C9H17Cl2NSi2/c1-5-13(6-2,14(10,11)12)8-7-9(3)4/h5-9H,1-2,12H2,3-4H3. The second-order valence-corrected chi connectivity index (χ2v) is 18.9. The third kappa shape index (κ3) is 3.40. The van der Waals surface area contributed by atoms with Crippen LogP contribution in [0.4, 0.5) is 0 Å². The smallest absolute Gasteiger partial charge is 0.315 e. The Hall–Kier alpha value is 0.194. The lowest BCUT2D eigenvalue weighted by atomic mass is 10.2. The van der Waals surface area contributed by atoms with Gasteiger partial charge in [0.1, 0.15) is 0 Å². The molecule has 0 unspecified atom stereocenters. The Morgan fingerprint density at radius 1 is 1.21 bits per heavy atom. The zero-order valence-electron chi connectivity index (χ0n) is 8.63. The van der Waals surface area contributed by atoms with E-state index in [9.17, 15) is 0 Å². The molecule has 0 spiro atoms. The molecule has 0 aromatic carbocycles. The van der Waals surface area contributed by atoms with Crippen molar-refractivity contribution < 1.29 is 0 Å². The van der Waals surface area contributed by atoms with E-state index >= 15 is 0 Å². The predicted molar refractivity (Wildman–Crippen MR) is 71.8 cm³/mol. The number of nitrogens with two attached hydrogens (primary N) is 1. The summed E-state index contributed by atoms with van der Waals surface area (Å²) >= 11 is 12.2. The van der Waals surface area contributed by atoms with Crippen LogP contribution in [0.5, 0.6) is 0 Å². The largest absolute Gasteiger partial charge is 0.329 e. The number of hydrogen-bond acceptors (Lipinski definition) is 1. The van der Waals surface area contributed by atoms with Gasteiger partial charge in [0.15, 0.2) is 7.59 Å². The van der Waals surface area contributed by atoms with Crippen LogP contribution in [-0.4, -0.2) is 14.0 Å². The molecule has 0 heterocycles. The molecule has 80 valence electrons. The maximum atomic E-state index is 6.09. The molecule has 0 fully saturated rings. The lowest BCUT2D eigenvalue weighted by molar-refractivity contribution is 0.833. The third-order valence-electron chi connectivity index (χ3n) is 2.01. The van der Waals surface area contributed by atoms with Crippen molar-refractivity contribution in [1.29, 1.82) is 0 Å². The molecule has 0 saturated heterocycles. The Morgan fingerprint density at radius 2 is 1.64 bits per heavy atom. The van der Waals surface area contributed by atoms with E-state index in [-0.39, 0.29) is 0 Å². The first-order valence-electron chi connectivity index (χ1n) is 4.42. The molecule has 0 aromatic rings. The summed E-state index contributed by atoms with van der Waals surface area (Å²) in [4.78, 5) is 0. The fourth-order valence-electron chi connectivity index (χ4n) is 0.954. The van der Waals surface area contributed by atoms with E-state index < -0.39 is 14.0 Å². The van der Waals surface area contributed by atoms with Gasteiger partial charge in [0.2, 0.25) is 0 Å². The lowest BCUT2D eigenvalue weighted by Gasteiger charge is -2.27. The molecule has 2 N–H and O–H groups in total. The minimum atomic E-state index is -2.74. The second kappa shape index (κ2) is 5.33. The van der Waals surface area contributed by atoms with Crippen molar-refractivity contribution in [3.05, 3.63) is 36.3 Å². The zero-order valence-corrected chi connectivity index (χ0v) is 12.1. The van der Waals surface area contributed by atoms with Crippen molar-refractivity contribution >= 4 is 36.1 Å². The number of halogens is 2. The zero-order chi connectivity index (χ0) is 11.4. The predicted octanol–water partition coefficient (Wildman–Crippen LogP) is 3.09. The summed E-state index contributed by atoms with van der Waals surface area (Å²) in [6.45, 7) is 11.7. The number of rotatable bonds is 5. The van der Waals surface area contributed by atoms with Crippen LogP contribution >= 0.6 is 22.2 Å². The van der Waals surface area contributed by atoms with Gasteiger partial charge < -0.3 is 5.40 Å². The summed E-state index contributed by atoms with van der Waals surface area (Å²) in [5.41, 5.74) is 5.63. The maximum absolute atomic E-state index is 6.09. The van der Waals surface area contributed by atoms with Crippen LogP contribution in [0.15, 0.2) is 36.3 Å². The van der Waals surface area contributed by atoms with Gasteiger partial charge in [-0.2, -0.15) is 0 Å². The summed E-state index contributed by atoms with van der Waals surface area (Å²) in [5.74, 6) is 0.450. The molecule has 0 aromatic heterocycles. The van der Waals surface area contributed by atoms with Crippen molar-refractivity contribution in [2.45, 2.75) is 13.8 Å². The monoisotopic (exact) mass is 265 g/mol. The molecule has 0 bridgehead atoms. The quantitative estimate of drug-likeness (QED) is 0.600. The van der Waals surface area contributed by atoms with E-state index in [4.69, 9.17) is 27.6 Å². The van der Waals surface area contributed by atoms with E-state index in [0.29, 0.717) is 5.92 Å². The molecular weight excluding hydrogens is 249 g/mol. The van der Waals surface area contributed by atoms with Gasteiger partial charge in [-0.05, 0) is 5.92 Å². The molecule has 0 saturated carbocycles. The van der Waals surface area contributed by atoms with Gasteiger partial charge in [-0.3, -0.25) is 0 Å². The molecular formula is C9H17Cl2NSi2. The van der Waals surface area contributed by atoms with Crippen molar-refractivity contribution in [1.82, 2.24) is 0 Å². The highest BCUT2D eigenvalue weighted by Gasteiger charge is 2.46. The van der Waals surface area contributed by atoms with Crippen molar-refractivity contribution in [3.63, 3.8) is 0 Å². The molecule has 0 rings (SSSR count). The highest BCUT2D eigenvalue weighted by Crippen LogP contribution is 2.25. The van der Waals surface area contributed by atoms with Crippen molar-refractivity contribution in [2.75, 3.05) is 0 Å². The Labute approximate surface area is 97.6 Å². The van der Waals surface area contributed by atoms with E-state index in [1.807, 2.05) is 5.70 Å². The molecule has 0 aliphatic rings. The van der Waals surface area contributed by atoms with Crippen LogP contribution < -0.4 is 5.40 Å². The summed E-state index contributed by atoms with van der Waals surface area (Å²) in [6, 6.07) is 0. The highest BCUT2D eigenvalue weighted by atomic mass is 35.7. The molecule has 5 heteroatoms. The van der Waals surface area contributed by atoms with Gasteiger partial charge in [-0.25, -0.2) is 0 Å². The van der Waals surface area contributed by atoms with Gasteiger partial charge in [0.05, 0.1) is 0 Å². The van der Waals surface area contributed by atoms with E-state index in [1.165, 1.54) is 0 Å². The molecule has 1 nitrogen and oxygen atoms in total. The third-order valence-corrected chi connectivity index (χ3v) is 16.3. The van der Waals surface area contributed by atoms with Gasteiger partial charge in [-0.15, -0.1) is 35.3 Å². The van der Waals surface area contributed by atoms with Crippen molar-refractivity contribution in [2.24, 2.45) is 11.3 Å². The second-order valence-electron chi connectivity index (χ2n) is 3.57. The Balaban J connectivity index is 5.10. The Morgan fingerprint density at radius 3 is 1.86 bits per heavy atom. The first kappa shape index (κ1) is 14.2. The van der Waals surface area contributed by atoms with Crippen LogP contribution in [0.3, 0.4) is 0 Å². The van der Waals surface area contributed by atoms with Crippen molar-refractivity contribution in [3.8, 4) is 0 Å². The number of allylic oxidation sites excluding steroid dienone is 1. The molecule has 14 heavy (non-hydrogen) atoms. The average Bonchev–Trinajstić information content (AvgIpc) is 2.04. The minimum absolute atomic E-state index is 0.450. The molecule has 0 amide bonds. The SMILES string of the molecule is C=C[Si](C=C)(C=CC(C)C)[Si](N)(Cl)Cl. The summed E-state index contributed by atoms with van der Waals surface area (Å²) in [6.07, 6.45) is -0.679. The lowest BCUT2D eigenvalue weighted by Crippen LogP contribution is -2.59. The van der Waals surface area contributed by atoms with Crippen LogP contribution in [0, 0.1) is 5.92 Å². The average molecular weight is 266 g/mol. The number of hydrogen-bond donors (Lipinski definition) is 1. The first-order chi connectivity index (χ1) is 6.29. The normalized spacial score (nSPS) is 13.6. The van der Waals surface area contributed by atoms with Crippen LogP contribution in [0.25, 0.3) is 0 Å². The Bertz CT molecular complexity index is 236. The molecule has 0 aliphatic carbocycles. The maximum Gasteiger partial charge on any atom is 0.315 e. The van der Waals surface area contributed by atoms with Crippen LogP contribution in [0.2, 0.25) is 0 Å². The van der Waals surface area contributed by atoms with Gasteiger partial charge in [-0.1, -0.05) is 37.0 Å². The van der Waals surface area contributed by atoms with Gasteiger partial charge in [0.25, 0.3) is 0 Å². The molecule has 0 aliphatic heterocycles. The Kier molecular flexibility index (Phi) is 5.40. The van der Waals surface area contributed by atoms with E-state index in [2.05, 4.69) is 33.1 Å². The summed E-state index contributed by atoms with van der Waals surface area (Å²) < 4.78 is 0. The van der Waals surface area contributed by atoms with Gasteiger partial charge in [0, 0.05) is 0 Å². The molecule has 0 radical (unpaired) electrons. The van der Waals surface area contributed by atoms with E-state index in [1.54, 1.807) is 11.4 Å². The topological polar surface area (TPSA) is 26.0 Å². The first-order valence-corrected chi connectivity index (χ1v) is 11.8. The minimum Gasteiger partial charge on any atom is -0.329 e. The van der Waals surface area contributed by atoms with E-state index in [0.717, 1.165) is 0 Å². The fraction of sp³-hybridized carbons (Fsp3) is 0.333. The fourth-order valence-corrected chi connectivity index (χ4v) is 9.36. The molecule has 0 atom stereocenters. The summed E-state index contributed by atoms with van der Waals surface area (Å²) in [5, 5.41) is 5.86. The van der Waals surface area contributed by atoms with Crippen LogP contribution in [-0.2, 0) is 0 Å².